The number of benzene rings is 1. The minimum Gasteiger partial charge on any atom is -0.312 e. The second-order valence-corrected chi connectivity index (χ2v) is 4.93. The van der Waals surface area contributed by atoms with Crippen LogP contribution in [0.25, 0.3) is 0 Å². The van der Waals surface area contributed by atoms with Gasteiger partial charge in [0.15, 0.2) is 0 Å². The molecule has 0 aliphatic carbocycles. The van der Waals surface area contributed by atoms with Crippen LogP contribution >= 0.6 is 22.9 Å². The molecule has 4 heteroatoms. The van der Waals surface area contributed by atoms with Gasteiger partial charge in [-0.1, -0.05) is 23.7 Å². The summed E-state index contributed by atoms with van der Waals surface area (Å²) in [5.74, 6) is 0. The fourth-order valence-electron chi connectivity index (χ4n) is 1.60. The molecule has 2 nitrogen and oxygen atoms in total. The molecule has 16 heavy (non-hydrogen) atoms. The first-order chi connectivity index (χ1) is 7.79. The third-order valence-corrected chi connectivity index (χ3v) is 3.64. The Kier molecular flexibility index (Phi) is 3.93. The molecule has 0 saturated heterocycles. The van der Waals surface area contributed by atoms with Gasteiger partial charge in [-0.25, -0.2) is 0 Å². The summed E-state index contributed by atoms with van der Waals surface area (Å²) in [5.41, 5.74) is 3.14. The molecule has 0 bridgehead atoms. The van der Waals surface area contributed by atoms with Crippen LogP contribution in [0.3, 0.4) is 0 Å². The van der Waals surface area contributed by atoms with Crippen LogP contribution in [0.4, 0.5) is 0 Å². The Morgan fingerprint density at radius 3 is 2.69 bits per heavy atom. The molecule has 0 radical (unpaired) electrons. The predicted molar refractivity (Wildman–Crippen MR) is 69.1 cm³/mol. The van der Waals surface area contributed by atoms with Crippen molar-refractivity contribution in [3.05, 3.63) is 51.4 Å². The molecule has 1 N–H and O–H groups in total. The van der Waals surface area contributed by atoms with Gasteiger partial charge in [0.05, 0.1) is 5.51 Å². The molecule has 0 aliphatic rings. The maximum absolute atomic E-state index is 5.86. The average Bonchev–Trinajstić information content (AvgIpc) is 2.82. The van der Waals surface area contributed by atoms with Crippen molar-refractivity contribution in [1.82, 2.24) is 10.3 Å². The maximum atomic E-state index is 5.86. The standard InChI is InChI=1S/C12H13ClN2S/c1-14-11(12-7-15-8-16-12)6-9-2-4-10(13)5-3-9/h2-5,7-8,11,14H,6H2,1H3. The van der Waals surface area contributed by atoms with E-state index in [9.17, 15) is 0 Å². The van der Waals surface area contributed by atoms with Crippen LogP contribution in [0.1, 0.15) is 16.5 Å². The van der Waals surface area contributed by atoms with E-state index in [4.69, 9.17) is 11.6 Å². The third kappa shape index (κ3) is 2.82. The first-order valence-corrected chi connectivity index (χ1v) is 6.35. The molecule has 1 atom stereocenters. The van der Waals surface area contributed by atoms with Crippen LogP contribution in [0.5, 0.6) is 0 Å². The summed E-state index contributed by atoms with van der Waals surface area (Å²) in [6, 6.07) is 8.31. The molecule has 1 unspecified atom stereocenters. The van der Waals surface area contributed by atoms with Gasteiger partial charge in [0.25, 0.3) is 0 Å². The Morgan fingerprint density at radius 2 is 2.12 bits per heavy atom. The Bertz CT molecular complexity index is 425. The van der Waals surface area contributed by atoms with Gasteiger partial charge in [-0.15, -0.1) is 11.3 Å². The van der Waals surface area contributed by atoms with E-state index >= 15 is 0 Å². The van der Waals surface area contributed by atoms with Crippen molar-refractivity contribution in [2.45, 2.75) is 12.5 Å². The quantitative estimate of drug-likeness (QED) is 0.903. The lowest BCUT2D eigenvalue weighted by Crippen LogP contribution is -2.17. The lowest BCUT2D eigenvalue weighted by Gasteiger charge is -2.13. The number of thiazole rings is 1. The number of likely N-dealkylation sites (N-methyl/N-ethyl adjacent to an activating group) is 1. The second kappa shape index (κ2) is 5.43. The van der Waals surface area contributed by atoms with Crippen LogP contribution in [0.15, 0.2) is 36.0 Å². The Balaban J connectivity index is 2.10. The molecule has 0 amide bonds. The van der Waals surface area contributed by atoms with Gasteiger partial charge >= 0.3 is 0 Å². The van der Waals surface area contributed by atoms with Crippen molar-refractivity contribution in [2.75, 3.05) is 7.05 Å². The molecule has 2 rings (SSSR count). The van der Waals surface area contributed by atoms with Gasteiger partial charge in [-0.3, -0.25) is 4.98 Å². The minimum absolute atomic E-state index is 0.327. The molecule has 1 heterocycles. The molecule has 2 aromatic rings. The summed E-state index contributed by atoms with van der Waals surface area (Å²) in [6.07, 6.45) is 2.87. The highest BCUT2D eigenvalue weighted by Crippen LogP contribution is 2.22. The fraction of sp³-hybridized carbons (Fsp3) is 0.250. The van der Waals surface area contributed by atoms with E-state index in [2.05, 4.69) is 22.4 Å². The topological polar surface area (TPSA) is 24.9 Å². The maximum Gasteiger partial charge on any atom is 0.0794 e. The average molecular weight is 253 g/mol. The highest BCUT2D eigenvalue weighted by Gasteiger charge is 2.11. The van der Waals surface area contributed by atoms with E-state index in [1.807, 2.05) is 30.9 Å². The molecule has 0 aliphatic heterocycles. The van der Waals surface area contributed by atoms with E-state index < -0.39 is 0 Å². The summed E-state index contributed by atoms with van der Waals surface area (Å²) in [6.45, 7) is 0. The van der Waals surface area contributed by atoms with Crippen molar-refractivity contribution in [2.24, 2.45) is 0 Å². The van der Waals surface area contributed by atoms with Gasteiger partial charge in [-0.05, 0) is 31.2 Å². The van der Waals surface area contributed by atoms with Crippen LogP contribution in [-0.4, -0.2) is 12.0 Å². The zero-order valence-electron chi connectivity index (χ0n) is 8.98. The monoisotopic (exact) mass is 252 g/mol. The Labute approximate surface area is 104 Å². The zero-order chi connectivity index (χ0) is 11.4. The van der Waals surface area contributed by atoms with Crippen LogP contribution < -0.4 is 5.32 Å². The molecule has 0 saturated carbocycles. The summed E-state index contributed by atoms with van der Waals surface area (Å²) in [4.78, 5) is 5.37. The Hall–Kier alpha value is -0.900. The normalized spacial score (nSPS) is 12.6. The van der Waals surface area contributed by atoms with Crippen molar-refractivity contribution in [3.63, 3.8) is 0 Å². The molecule has 1 aromatic carbocycles. The van der Waals surface area contributed by atoms with Crippen molar-refractivity contribution in [3.8, 4) is 0 Å². The van der Waals surface area contributed by atoms with E-state index in [0.717, 1.165) is 11.4 Å². The summed E-state index contributed by atoms with van der Waals surface area (Å²) in [7, 11) is 1.97. The molecular formula is C12H13ClN2S. The van der Waals surface area contributed by atoms with E-state index in [1.54, 1.807) is 11.3 Å². The largest absolute Gasteiger partial charge is 0.312 e. The van der Waals surface area contributed by atoms with E-state index in [0.29, 0.717) is 6.04 Å². The summed E-state index contributed by atoms with van der Waals surface area (Å²) < 4.78 is 0. The molecule has 0 fully saturated rings. The summed E-state index contributed by atoms with van der Waals surface area (Å²) >= 11 is 7.54. The highest BCUT2D eigenvalue weighted by atomic mass is 35.5. The number of nitrogens with zero attached hydrogens (tertiary/aromatic N) is 1. The van der Waals surface area contributed by atoms with Crippen LogP contribution in [0.2, 0.25) is 5.02 Å². The first kappa shape index (κ1) is 11.6. The van der Waals surface area contributed by atoms with Gasteiger partial charge < -0.3 is 5.32 Å². The summed E-state index contributed by atoms with van der Waals surface area (Å²) in [5, 5.41) is 4.09. The van der Waals surface area contributed by atoms with Crippen molar-refractivity contribution in [1.29, 1.82) is 0 Å². The van der Waals surface area contributed by atoms with Crippen molar-refractivity contribution >= 4 is 22.9 Å². The van der Waals surface area contributed by atoms with Gasteiger partial charge in [0.2, 0.25) is 0 Å². The number of hydrogen-bond donors (Lipinski definition) is 1. The van der Waals surface area contributed by atoms with Gasteiger partial charge in [0.1, 0.15) is 0 Å². The molecule has 1 aromatic heterocycles. The lowest BCUT2D eigenvalue weighted by atomic mass is 10.1. The second-order valence-electron chi connectivity index (χ2n) is 3.58. The van der Waals surface area contributed by atoms with Crippen LogP contribution in [0, 0.1) is 0 Å². The smallest absolute Gasteiger partial charge is 0.0794 e. The minimum atomic E-state index is 0.327. The van der Waals surface area contributed by atoms with Crippen LogP contribution in [-0.2, 0) is 6.42 Å². The highest BCUT2D eigenvalue weighted by molar-refractivity contribution is 7.09. The SMILES string of the molecule is CNC(Cc1ccc(Cl)cc1)c1cncs1. The number of aromatic nitrogens is 1. The molecule has 84 valence electrons. The number of hydrogen-bond acceptors (Lipinski definition) is 3. The van der Waals surface area contributed by atoms with E-state index in [-0.39, 0.29) is 0 Å². The number of rotatable bonds is 4. The zero-order valence-corrected chi connectivity index (χ0v) is 10.6. The first-order valence-electron chi connectivity index (χ1n) is 5.09. The van der Waals surface area contributed by atoms with Gasteiger partial charge in [-0.2, -0.15) is 0 Å². The Morgan fingerprint density at radius 1 is 1.38 bits per heavy atom. The third-order valence-electron chi connectivity index (χ3n) is 2.50. The number of halogens is 1. The van der Waals surface area contributed by atoms with E-state index in [1.165, 1.54) is 10.4 Å². The number of nitrogens with one attached hydrogen (secondary N) is 1. The molecular weight excluding hydrogens is 240 g/mol. The van der Waals surface area contributed by atoms with Gasteiger partial charge in [0, 0.05) is 22.1 Å². The van der Waals surface area contributed by atoms with Crippen molar-refractivity contribution < 1.29 is 0 Å². The molecule has 0 spiro atoms. The lowest BCUT2D eigenvalue weighted by molar-refractivity contribution is 0.601. The fourth-order valence-corrected chi connectivity index (χ4v) is 2.46. The predicted octanol–water partition coefficient (Wildman–Crippen LogP) is 3.30.